The number of aromatic amines is 1. The molecule has 2 N–H and O–H groups in total. The first kappa shape index (κ1) is 22.1. The van der Waals surface area contributed by atoms with Crippen molar-refractivity contribution in [3.63, 3.8) is 0 Å². The molecule has 2 aliphatic rings. The zero-order chi connectivity index (χ0) is 22.5. The second-order valence-corrected chi connectivity index (χ2v) is 12.1. The molecule has 0 spiro atoms. The maximum Gasteiger partial charge on any atom is 0.268 e. The van der Waals surface area contributed by atoms with Crippen LogP contribution in [-0.4, -0.2) is 51.1 Å². The predicted octanol–water partition coefficient (Wildman–Crippen LogP) is 4.22. The molecule has 3 aromatic rings. The molecule has 1 amide bonds. The normalized spacial score (nSPS) is 25.2. The van der Waals surface area contributed by atoms with Gasteiger partial charge in [0.1, 0.15) is 10.5 Å². The average molecular weight is 493 g/mol. The molecule has 9 heteroatoms. The Balaban J connectivity index is 1.30. The third kappa shape index (κ3) is 4.52. The molecule has 1 saturated heterocycles. The quantitative estimate of drug-likeness (QED) is 0.540. The van der Waals surface area contributed by atoms with E-state index in [9.17, 15) is 9.00 Å². The molecule has 2 unspecified atom stereocenters. The van der Waals surface area contributed by atoms with Crippen molar-refractivity contribution in [1.29, 1.82) is 0 Å². The predicted molar refractivity (Wildman–Crippen MR) is 128 cm³/mol. The summed E-state index contributed by atoms with van der Waals surface area (Å²) in [6.45, 7) is 4.19. The number of benzene rings is 1. The first-order chi connectivity index (χ1) is 15.3. The first-order valence-corrected chi connectivity index (χ1v) is 13.3. The lowest BCUT2D eigenvalue weighted by Gasteiger charge is -2.22. The highest BCUT2D eigenvalue weighted by atomic mass is 35.5. The molecule has 4 atom stereocenters. The Bertz CT molecular complexity index is 1160. The Kier molecular flexibility index (Phi) is 5.92. The summed E-state index contributed by atoms with van der Waals surface area (Å²) in [6, 6.07) is 11.7. The number of fused-ring (bicyclic) bond motifs is 2. The molecular weight excluding hydrogens is 468 g/mol. The number of hydrogen-bond donors (Lipinski definition) is 2. The first-order valence-electron chi connectivity index (χ1n) is 10.6. The summed E-state index contributed by atoms with van der Waals surface area (Å²) in [5.74, 6) is 0.0947. The minimum absolute atomic E-state index is 0.0168. The Morgan fingerprint density at radius 1 is 1.31 bits per heavy atom. The lowest BCUT2D eigenvalue weighted by Crippen LogP contribution is -2.40. The van der Waals surface area contributed by atoms with Gasteiger partial charge in [0.2, 0.25) is 0 Å². The monoisotopic (exact) mass is 492 g/mol. The van der Waals surface area contributed by atoms with Gasteiger partial charge < -0.3 is 19.8 Å². The van der Waals surface area contributed by atoms with Crippen LogP contribution in [0.15, 0.2) is 36.4 Å². The fourth-order valence-electron chi connectivity index (χ4n) is 4.62. The van der Waals surface area contributed by atoms with Gasteiger partial charge in [-0.1, -0.05) is 35.9 Å². The van der Waals surface area contributed by atoms with E-state index in [4.69, 9.17) is 21.1 Å². The number of carbonyl (C=O) groups excluding carboxylic acids is 1. The van der Waals surface area contributed by atoms with Gasteiger partial charge in [-0.3, -0.25) is 9.00 Å². The summed E-state index contributed by atoms with van der Waals surface area (Å²) in [4.78, 5) is 17.0. The van der Waals surface area contributed by atoms with Gasteiger partial charge in [-0.25, -0.2) is 0 Å². The van der Waals surface area contributed by atoms with E-state index < -0.39 is 16.6 Å². The van der Waals surface area contributed by atoms with Crippen molar-refractivity contribution in [1.82, 2.24) is 10.3 Å². The zero-order valence-electron chi connectivity index (χ0n) is 17.9. The molecule has 170 valence electrons. The van der Waals surface area contributed by atoms with Crippen LogP contribution in [0.2, 0.25) is 4.34 Å². The number of halogens is 1. The molecule has 1 fully saturated rings. The molecule has 1 aromatic carbocycles. The molecule has 6 nitrogen and oxygen atoms in total. The molecule has 1 aliphatic carbocycles. The molecule has 5 rings (SSSR count). The number of amides is 1. The van der Waals surface area contributed by atoms with Gasteiger partial charge in [0.25, 0.3) is 5.91 Å². The number of H-pyrrole nitrogens is 1. The van der Waals surface area contributed by atoms with Gasteiger partial charge in [-0.2, -0.15) is 0 Å². The van der Waals surface area contributed by atoms with E-state index in [1.165, 1.54) is 16.9 Å². The number of thiophene rings is 1. The van der Waals surface area contributed by atoms with Crippen LogP contribution in [0.3, 0.4) is 0 Å². The lowest BCUT2D eigenvalue weighted by molar-refractivity contribution is -0.135. The van der Waals surface area contributed by atoms with Crippen LogP contribution in [0.4, 0.5) is 0 Å². The number of nitrogens with one attached hydrogen (secondary N) is 2. The minimum atomic E-state index is -1.11. The maximum absolute atomic E-state index is 13.0. The molecule has 32 heavy (non-hydrogen) atoms. The highest BCUT2D eigenvalue weighted by molar-refractivity contribution is 7.85. The number of rotatable bonds is 6. The van der Waals surface area contributed by atoms with Crippen LogP contribution in [0, 0.1) is 0 Å². The van der Waals surface area contributed by atoms with Crippen molar-refractivity contribution in [3.05, 3.63) is 57.6 Å². The van der Waals surface area contributed by atoms with Crippen LogP contribution >= 0.6 is 22.9 Å². The second-order valence-electron chi connectivity index (χ2n) is 8.83. The van der Waals surface area contributed by atoms with Crippen LogP contribution in [0.1, 0.15) is 41.4 Å². The molecule has 3 heterocycles. The fraction of sp³-hybridized carbons (Fsp3) is 0.435. The third-order valence-corrected chi connectivity index (χ3v) is 8.69. The van der Waals surface area contributed by atoms with Crippen LogP contribution < -0.4 is 5.32 Å². The number of hydrogen-bond acceptors (Lipinski definition) is 5. The molecule has 0 saturated carbocycles. The van der Waals surface area contributed by atoms with Crippen LogP contribution in [0.25, 0.3) is 10.2 Å². The van der Waals surface area contributed by atoms with Crippen molar-refractivity contribution >= 4 is 49.9 Å². The number of carbonyl (C=O) groups is 1. The van der Waals surface area contributed by atoms with Crippen LogP contribution in [-0.2, 0) is 26.7 Å². The van der Waals surface area contributed by atoms with Gasteiger partial charge in [-0.05, 0) is 43.5 Å². The van der Waals surface area contributed by atoms with Crippen molar-refractivity contribution in [2.24, 2.45) is 0 Å². The summed E-state index contributed by atoms with van der Waals surface area (Å²) in [7, 11) is -1.11. The highest BCUT2D eigenvalue weighted by Gasteiger charge is 2.37. The van der Waals surface area contributed by atoms with Crippen LogP contribution in [0.5, 0.6) is 0 Å². The summed E-state index contributed by atoms with van der Waals surface area (Å²) < 4.78 is 25.2. The van der Waals surface area contributed by atoms with Gasteiger partial charge in [0.15, 0.2) is 5.79 Å². The number of aromatic nitrogens is 1. The van der Waals surface area contributed by atoms with Gasteiger partial charge >= 0.3 is 0 Å². The standard InChI is InChI=1S/C23H25ClN2O4S2/c1-23(2)29-10-15(30-23)11-32(28)12-17-16-6-4-3-5-13(16)7-18(17)25-21(27)19-8-14-9-20(24)31-22(14)26-19/h3-6,8-9,15,17-18,26H,7,10-12H2,1-2H3,(H,25,27)/t15?,17-,18-,32?/m1/s1. The Labute approximate surface area is 198 Å². The highest BCUT2D eigenvalue weighted by Crippen LogP contribution is 2.35. The van der Waals surface area contributed by atoms with Crippen molar-refractivity contribution in [3.8, 4) is 0 Å². The van der Waals surface area contributed by atoms with Gasteiger partial charge in [0.05, 0.1) is 22.8 Å². The van der Waals surface area contributed by atoms with Crippen molar-refractivity contribution < 1.29 is 18.5 Å². The molecule has 0 bridgehead atoms. The smallest absolute Gasteiger partial charge is 0.268 e. The number of ether oxygens (including phenoxy) is 2. The lowest BCUT2D eigenvalue weighted by atomic mass is 10.0. The van der Waals surface area contributed by atoms with Crippen molar-refractivity contribution in [2.45, 2.75) is 44.1 Å². The average Bonchev–Trinajstić information content (AvgIpc) is 3.44. The van der Waals surface area contributed by atoms with E-state index in [0.717, 1.165) is 22.2 Å². The minimum Gasteiger partial charge on any atom is -0.348 e. The molecule has 0 radical (unpaired) electrons. The van der Waals surface area contributed by atoms with E-state index in [0.29, 0.717) is 28.1 Å². The zero-order valence-corrected chi connectivity index (χ0v) is 20.2. The SMILES string of the molecule is CC1(C)OCC(CS(=O)C[C@@H]2c3ccccc3C[C@H]2NC(=O)c2cc3cc(Cl)sc3[nH]2)O1. The second kappa shape index (κ2) is 8.57. The molecule has 2 aromatic heterocycles. The van der Waals surface area contributed by atoms with E-state index in [1.807, 2.05) is 38.1 Å². The largest absolute Gasteiger partial charge is 0.348 e. The Hall–Kier alpha value is -1.71. The summed E-state index contributed by atoms with van der Waals surface area (Å²) in [5, 5.41) is 4.11. The molecular formula is C23H25ClN2O4S2. The summed E-state index contributed by atoms with van der Waals surface area (Å²) in [6.07, 6.45) is 0.551. The van der Waals surface area contributed by atoms with Gasteiger partial charge in [-0.15, -0.1) is 11.3 Å². The third-order valence-electron chi connectivity index (χ3n) is 6.02. The Morgan fingerprint density at radius 3 is 2.88 bits per heavy atom. The van der Waals surface area contributed by atoms with E-state index in [1.54, 1.807) is 0 Å². The summed E-state index contributed by atoms with van der Waals surface area (Å²) in [5.41, 5.74) is 2.87. The maximum atomic E-state index is 13.0. The van der Waals surface area contributed by atoms with E-state index in [-0.39, 0.29) is 24.0 Å². The summed E-state index contributed by atoms with van der Waals surface area (Å²) >= 11 is 7.46. The van der Waals surface area contributed by atoms with Crippen molar-refractivity contribution in [2.75, 3.05) is 18.1 Å². The fourth-order valence-corrected chi connectivity index (χ4v) is 7.27. The van der Waals surface area contributed by atoms with E-state index >= 15 is 0 Å². The topological polar surface area (TPSA) is 80.4 Å². The molecule has 1 aliphatic heterocycles. The van der Waals surface area contributed by atoms with Gasteiger partial charge in [0, 0.05) is 33.9 Å². The Morgan fingerprint density at radius 2 is 2.12 bits per heavy atom. The van der Waals surface area contributed by atoms with E-state index in [2.05, 4.69) is 22.4 Å².